The molecule has 0 bridgehead atoms. The van der Waals surface area contributed by atoms with E-state index in [1.165, 1.54) is 0 Å². The molecule has 2 N–H and O–H groups in total. The average molecular weight is 385 g/mol. The number of methoxy groups -OCH3 is 1. The fourth-order valence-electron chi connectivity index (χ4n) is 2.56. The third-order valence-electron chi connectivity index (χ3n) is 3.91. The molecule has 0 aliphatic heterocycles. The minimum absolute atomic E-state index is 0.526. The first kappa shape index (κ1) is 19.0. The molecule has 0 unspecified atom stereocenters. The van der Waals surface area contributed by atoms with Crippen LogP contribution in [0.25, 0.3) is 10.8 Å². The molecular weight excluding hydrogens is 360 g/mol. The molecule has 0 amide bonds. The molecule has 0 fully saturated rings. The first-order valence-electron chi connectivity index (χ1n) is 8.83. The highest BCUT2D eigenvalue weighted by atomic mass is 32.1. The SMILES string of the molecule is CCNC(=NCc1ccc(C)cc1OC)NCc1coc(-c2cccs2)n1. The van der Waals surface area contributed by atoms with Crippen LogP contribution in [-0.4, -0.2) is 24.6 Å². The number of nitrogens with zero attached hydrogens (tertiary/aromatic N) is 2. The Bertz CT molecular complexity index is 887. The quantitative estimate of drug-likeness (QED) is 0.476. The van der Waals surface area contributed by atoms with Gasteiger partial charge in [-0.3, -0.25) is 0 Å². The number of nitrogens with one attached hydrogen (secondary N) is 2. The second-order valence-corrected chi connectivity index (χ2v) is 6.93. The predicted molar refractivity (Wildman–Crippen MR) is 109 cm³/mol. The van der Waals surface area contributed by atoms with Gasteiger partial charge in [0.25, 0.3) is 0 Å². The maximum absolute atomic E-state index is 5.55. The Morgan fingerprint density at radius 1 is 1.30 bits per heavy atom. The number of rotatable bonds is 7. The molecule has 0 aliphatic rings. The predicted octanol–water partition coefficient (Wildman–Crippen LogP) is 3.98. The van der Waals surface area contributed by atoms with E-state index in [1.54, 1.807) is 24.7 Å². The van der Waals surface area contributed by atoms with Crippen molar-refractivity contribution in [2.24, 2.45) is 4.99 Å². The van der Waals surface area contributed by atoms with Crippen molar-refractivity contribution in [1.82, 2.24) is 15.6 Å². The van der Waals surface area contributed by atoms with E-state index >= 15 is 0 Å². The molecule has 1 aromatic carbocycles. The van der Waals surface area contributed by atoms with E-state index < -0.39 is 0 Å². The number of aromatic nitrogens is 1. The number of hydrogen-bond donors (Lipinski definition) is 2. The van der Waals surface area contributed by atoms with Crippen LogP contribution < -0.4 is 15.4 Å². The third-order valence-corrected chi connectivity index (χ3v) is 4.77. The molecule has 0 atom stereocenters. The molecule has 142 valence electrons. The van der Waals surface area contributed by atoms with Gasteiger partial charge in [0.1, 0.15) is 12.0 Å². The number of aliphatic imine (C=N–C) groups is 1. The van der Waals surface area contributed by atoms with Crippen LogP contribution in [0.4, 0.5) is 0 Å². The first-order chi connectivity index (χ1) is 13.2. The van der Waals surface area contributed by atoms with Gasteiger partial charge in [0.05, 0.1) is 30.8 Å². The topological polar surface area (TPSA) is 71.7 Å². The standard InChI is InChI=1S/C20H24N4O2S/c1-4-21-20(22-11-15-8-7-14(2)10-17(15)25-3)23-12-16-13-26-19(24-16)18-6-5-9-27-18/h5-10,13H,4,11-12H2,1-3H3,(H2,21,22,23). The van der Waals surface area contributed by atoms with Crippen LogP contribution in [0.3, 0.4) is 0 Å². The van der Waals surface area contributed by atoms with Gasteiger partial charge in [0.15, 0.2) is 5.96 Å². The lowest BCUT2D eigenvalue weighted by Crippen LogP contribution is -2.36. The molecule has 0 radical (unpaired) electrons. The third kappa shape index (κ3) is 5.10. The molecular formula is C20H24N4O2S. The van der Waals surface area contributed by atoms with Crippen molar-refractivity contribution in [3.63, 3.8) is 0 Å². The molecule has 6 nitrogen and oxygen atoms in total. The number of oxazole rings is 1. The van der Waals surface area contributed by atoms with E-state index in [1.807, 2.05) is 43.5 Å². The Balaban J connectivity index is 1.64. The van der Waals surface area contributed by atoms with Gasteiger partial charge in [-0.2, -0.15) is 0 Å². The lowest BCUT2D eigenvalue weighted by Gasteiger charge is -2.11. The number of guanidine groups is 1. The van der Waals surface area contributed by atoms with Gasteiger partial charge < -0.3 is 19.8 Å². The van der Waals surface area contributed by atoms with E-state index in [9.17, 15) is 0 Å². The minimum Gasteiger partial charge on any atom is -0.496 e. The average Bonchev–Trinajstić information content (AvgIpc) is 3.36. The molecule has 2 heterocycles. The zero-order valence-corrected chi connectivity index (χ0v) is 16.6. The van der Waals surface area contributed by atoms with Gasteiger partial charge in [-0.15, -0.1) is 11.3 Å². The van der Waals surface area contributed by atoms with Crippen LogP contribution in [0.5, 0.6) is 5.75 Å². The Hall–Kier alpha value is -2.80. The van der Waals surface area contributed by atoms with Crippen molar-refractivity contribution < 1.29 is 9.15 Å². The molecule has 2 aromatic heterocycles. The van der Waals surface area contributed by atoms with Crippen LogP contribution in [0.1, 0.15) is 23.7 Å². The number of benzene rings is 1. The maximum atomic E-state index is 5.55. The van der Waals surface area contributed by atoms with Crippen molar-refractivity contribution >= 4 is 17.3 Å². The van der Waals surface area contributed by atoms with Crippen molar-refractivity contribution in [3.05, 3.63) is 58.8 Å². The summed E-state index contributed by atoms with van der Waals surface area (Å²) < 4.78 is 11.0. The molecule has 7 heteroatoms. The lowest BCUT2D eigenvalue weighted by molar-refractivity contribution is 0.409. The monoisotopic (exact) mass is 384 g/mol. The van der Waals surface area contributed by atoms with Gasteiger partial charge in [-0.05, 0) is 36.9 Å². The van der Waals surface area contributed by atoms with Crippen LogP contribution in [0.15, 0.2) is 51.4 Å². The van der Waals surface area contributed by atoms with Crippen molar-refractivity contribution in [3.8, 4) is 16.5 Å². The van der Waals surface area contributed by atoms with E-state index in [4.69, 9.17) is 9.15 Å². The van der Waals surface area contributed by atoms with E-state index in [0.29, 0.717) is 19.0 Å². The van der Waals surface area contributed by atoms with Crippen LogP contribution >= 0.6 is 11.3 Å². The van der Waals surface area contributed by atoms with Crippen molar-refractivity contribution in [2.75, 3.05) is 13.7 Å². The molecule has 3 aromatic rings. The fraction of sp³-hybridized carbons (Fsp3) is 0.300. The highest BCUT2D eigenvalue weighted by Crippen LogP contribution is 2.23. The number of aryl methyl sites for hydroxylation is 1. The summed E-state index contributed by atoms with van der Waals surface area (Å²) in [7, 11) is 1.68. The summed E-state index contributed by atoms with van der Waals surface area (Å²) in [5.41, 5.74) is 3.04. The van der Waals surface area contributed by atoms with E-state index in [2.05, 4.69) is 26.7 Å². The highest BCUT2D eigenvalue weighted by Gasteiger charge is 2.08. The fourth-order valence-corrected chi connectivity index (χ4v) is 3.22. The number of hydrogen-bond acceptors (Lipinski definition) is 5. The van der Waals surface area contributed by atoms with Crippen molar-refractivity contribution in [2.45, 2.75) is 26.9 Å². The zero-order valence-electron chi connectivity index (χ0n) is 15.8. The molecule has 3 rings (SSSR count). The normalized spacial score (nSPS) is 11.4. The Kier molecular flexibility index (Phi) is 6.49. The molecule has 0 spiro atoms. The summed E-state index contributed by atoms with van der Waals surface area (Å²) >= 11 is 1.61. The summed E-state index contributed by atoms with van der Waals surface area (Å²) in [6, 6.07) is 10.1. The summed E-state index contributed by atoms with van der Waals surface area (Å²) in [4.78, 5) is 10.2. The van der Waals surface area contributed by atoms with Gasteiger partial charge in [-0.1, -0.05) is 18.2 Å². The first-order valence-corrected chi connectivity index (χ1v) is 9.71. The Morgan fingerprint density at radius 2 is 2.19 bits per heavy atom. The molecule has 27 heavy (non-hydrogen) atoms. The highest BCUT2D eigenvalue weighted by molar-refractivity contribution is 7.13. The van der Waals surface area contributed by atoms with Gasteiger partial charge >= 0.3 is 0 Å². The zero-order chi connectivity index (χ0) is 19.1. The van der Waals surface area contributed by atoms with Crippen LogP contribution in [-0.2, 0) is 13.1 Å². The largest absolute Gasteiger partial charge is 0.496 e. The van der Waals surface area contributed by atoms with Crippen molar-refractivity contribution in [1.29, 1.82) is 0 Å². The minimum atomic E-state index is 0.526. The summed E-state index contributed by atoms with van der Waals surface area (Å²) in [6.07, 6.45) is 1.68. The van der Waals surface area contributed by atoms with Gasteiger partial charge in [-0.25, -0.2) is 9.98 Å². The second kappa shape index (κ2) is 9.23. The van der Waals surface area contributed by atoms with E-state index in [-0.39, 0.29) is 0 Å². The van der Waals surface area contributed by atoms with Gasteiger partial charge in [0, 0.05) is 12.1 Å². The maximum Gasteiger partial charge on any atom is 0.236 e. The summed E-state index contributed by atoms with van der Waals surface area (Å²) in [6.45, 7) is 5.91. The lowest BCUT2D eigenvalue weighted by atomic mass is 10.1. The summed E-state index contributed by atoms with van der Waals surface area (Å²) in [5.74, 6) is 2.22. The van der Waals surface area contributed by atoms with Crippen LogP contribution in [0, 0.1) is 6.92 Å². The van der Waals surface area contributed by atoms with Crippen LogP contribution in [0.2, 0.25) is 0 Å². The molecule has 0 saturated carbocycles. The van der Waals surface area contributed by atoms with Gasteiger partial charge in [0.2, 0.25) is 5.89 Å². The van der Waals surface area contributed by atoms with E-state index in [0.717, 1.165) is 40.0 Å². The smallest absolute Gasteiger partial charge is 0.236 e. The number of ether oxygens (including phenoxy) is 1. The summed E-state index contributed by atoms with van der Waals surface area (Å²) in [5, 5.41) is 8.55. The Morgan fingerprint density at radius 3 is 2.93 bits per heavy atom. The molecule has 0 aliphatic carbocycles. The Labute approximate surface area is 163 Å². The molecule has 0 saturated heterocycles. The second-order valence-electron chi connectivity index (χ2n) is 5.99. The number of thiophene rings is 1.